The zero-order valence-electron chi connectivity index (χ0n) is 17.4. The van der Waals surface area contributed by atoms with Gasteiger partial charge >= 0.3 is 5.97 Å². The molecule has 3 rings (SSSR count). The van der Waals surface area contributed by atoms with Crippen molar-refractivity contribution in [1.29, 1.82) is 0 Å². The van der Waals surface area contributed by atoms with Crippen molar-refractivity contribution >= 4 is 5.97 Å². The SMILES string of the molecule is C=C1C[C@H]2O[C@H]([C@H]3[C@@H]2C(=C)[C@@H](O)C[C@@H]3C(C)C)[C@](C)(OC(C)=O)CC[C@@H]1OO. The fraction of sp³-hybridized carbons (Fsp3) is 0.773. The van der Waals surface area contributed by atoms with Gasteiger partial charge in [-0.25, -0.2) is 4.89 Å². The van der Waals surface area contributed by atoms with Crippen LogP contribution in [0.15, 0.2) is 24.3 Å². The molecule has 0 aromatic carbocycles. The first-order valence-corrected chi connectivity index (χ1v) is 10.3. The molecule has 8 atom stereocenters. The van der Waals surface area contributed by atoms with Gasteiger partial charge in [0.05, 0.1) is 12.2 Å². The van der Waals surface area contributed by atoms with E-state index in [1.165, 1.54) is 6.92 Å². The topological polar surface area (TPSA) is 85.2 Å². The molecule has 0 aromatic rings. The van der Waals surface area contributed by atoms with Gasteiger partial charge in [-0.15, -0.1) is 0 Å². The number of aliphatic hydroxyl groups excluding tert-OH is 1. The van der Waals surface area contributed by atoms with Crippen molar-refractivity contribution in [3.05, 3.63) is 24.3 Å². The van der Waals surface area contributed by atoms with Crippen LogP contribution >= 0.6 is 0 Å². The number of carbonyl (C=O) groups is 1. The molecule has 0 aromatic heterocycles. The van der Waals surface area contributed by atoms with Crippen LogP contribution in [0.25, 0.3) is 0 Å². The normalized spacial score (nSPS) is 43.9. The van der Waals surface area contributed by atoms with E-state index in [2.05, 4.69) is 31.9 Å². The Morgan fingerprint density at radius 1 is 1.36 bits per heavy atom. The van der Waals surface area contributed by atoms with E-state index < -0.39 is 17.8 Å². The van der Waals surface area contributed by atoms with Crippen LogP contribution in [-0.2, 0) is 19.2 Å². The summed E-state index contributed by atoms with van der Waals surface area (Å²) in [6.45, 7) is 16.0. The quantitative estimate of drug-likeness (QED) is 0.330. The Kier molecular flexibility index (Phi) is 6.07. The molecule has 2 N–H and O–H groups in total. The van der Waals surface area contributed by atoms with E-state index in [1.807, 2.05) is 6.92 Å². The van der Waals surface area contributed by atoms with Crippen LogP contribution in [-0.4, -0.2) is 46.3 Å². The van der Waals surface area contributed by atoms with E-state index in [9.17, 15) is 15.2 Å². The zero-order valence-corrected chi connectivity index (χ0v) is 17.4. The van der Waals surface area contributed by atoms with Crippen LogP contribution in [0.5, 0.6) is 0 Å². The second-order valence-corrected chi connectivity index (χ2v) is 9.33. The number of aliphatic hydroxyl groups is 1. The average molecular weight is 395 g/mol. The van der Waals surface area contributed by atoms with Crippen molar-refractivity contribution in [1.82, 2.24) is 0 Å². The highest BCUT2D eigenvalue weighted by Gasteiger charge is 2.60. The molecule has 2 heterocycles. The third kappa shape index (κ3) is 3.67. The lowest BCUT2D eigenvalue weighted by molar-refractivity contribution is -0.272. The zero-order chi connectivity index (χ0) is 20.8. The third-order valence-electron chi connectivity index (χ3n) is 7.12. The Bertz CT molecular complexity index is 643. The molecule has 2 bridgehead atoms. The summed E-state index contributed by atoms with van der Waals surface area (Å²) >= 11 is 0. The molecule has 6 heteroatoms. The second-order valence-electron chi connectivity index (χ2n) is 9.33. The van der Waals surface area contributed by atoms with Gasteiger partial charge in [-0.05, 0) is 55.6 Å². The summed E-state index contributed by atoms with van der Waals surface area (Å²) in [5.41, 5.74) is 0.669. The van der Waals surface area contributed by atoms with E-state index in [1.54, 1.807) is 0 Å². The van der Waals surface area contributed by atoms with E-state index in [4.69, 9.17) is 9.47 Å². The molecule has 6 nitrogen and oxygen atoms in total. The van der Waals surface area contributed by atoms with Crippen molar-refractivity contribution < 1.29 is 29.5 Å². The number of esters is 1. The molecule has 0 spiro atoms. The monoisotopic (exact) mass is 394 g/mol. The van der Waals surface area contributed by atoms with Crippen LogP contribution in [0.4, 0.5) is 0 Å². The Balaban J connectivity index is 2.08. The smallest absolute Gasteiger partial charge is 0.303 e. The van der Waals surface area contributed by atoms with Crippen LogP contribution < -0.4 is 0 Å². The second kappa shape index (κ2) is 7.90. The lowest BCUT2D eigenvalue weighted by atomic mass is 9.60. The fourth-order valence-electron chi connectivity index (χ4n) is 5.73. The molecular formula is C22H34O6. The Hall–Kier alpha value is -1.21. The molecule has 2 aliphatic heterocycles. The first-order chi connectivity index (χ1) is 13.1. The molecule has 2 saturated heterocycles. The highest BCUT2D eigenvalue weighted by Crippen LogP contribution is 2.55. The lowest BCUT2D eigenvalue weighted by Crippen LogP contribution is -2.52. The molecule has 0 amide bonds. The number of fused-ring (bicyclic) bond motifs is 5. The van der Waals surface area contributed by atoms with E-state index >= 15 is 0 Å². The summed E-state index contributed by atoms with van der Waals surface area (Å²) in [7, 11) is 0. The number of hydrogen-bond donors (Lipinski definition) is 2. The summed E-state index contributed by atoms with van der Waals surface area (Å²) in [4.78, 5) is 16.6. The van der Waals surface area contributed by atoms with Gasteiger partial charge in [0.2, 0.25) is 0 Å². The van der Waals surface area contributed by atoms with Gasteiger partial charge in [0.15, 0.2) is 0 Å². The fourth-order valence-corrected chi connectivity index (χ4v) is 5.73. The van der Waals surface area contributed by atoms with Gasteiger partial charge in [0.25, 0.3) is 0 Å². The largest absolute Gasteiger partial charge is 0.457 e. The predicted molar refractivity (Wildman–Crippen MR) is 104 cm³/mol. The highest BCUT2D eigenvalue weighted by atomic mass is 17.1. The van der Waals surface area contributed by atoms with E-state index in [0.29, 0.717) is 31.6 Å². The van der Waals surface area contributed by atoms with E-state index in [0.717, 1.165) is 11.1 Å². The molecular weight excluding hydrogens is 360 g/mol. The van der Waals surface area contributed by atoms with Crippen LogP contribution in [0.3, 0.4) is 0 Å². The standard InChI is InChI=1S/C22H34O6/c1-11(2)15-10-16(24)13(4)19-18-9-12(3)17(28-25)7-8-22(6,27-14(5)23)21(26-18)20(15)19/h11,15-21,24-25H,3-4,7-10H2,1-2,5-6H3/t15-,16+,17+,18-,19-,20-,21-,22-/m1/s1. The Morgan fingerprint density at radius 3 is 2.61 bits per heavy atom. The molecule has 0 radical (unpaired) electrons. The minimum atomic E-state index is -0.861. The van der Waals surface area contributed by atoms with Crippen molar-refractivity contribution in [3.63, 3.8) is 0 Å². The van der Waals surface area contributed by atoms with Crippen molar-refractivity contribution in [2.75, 3.05) is 0 Å². The summed E-state index contributed by atoms with van der Waals surface area (Å²) in [5, 5.41) is 20.0. The minimum Gasteiger partial charge on any atom is -0.457 e. The molecule has 28 heavy (non-hydrogen) atoms. The van der Waals surface area contributed by atoms with Gasteiger partial charge in [-0.2, -0.15) is 0 Å². The van der Waals surface area contributed by atoms with Crippen LogP contribution in [0, 0.1) is 23.7 Å². The lowest BCUT2D eigenvalue weighted by Gasteiger charge is -2.46. The summed E-state index contributed by atoms with van der Waals surface area (Å²) in [6, 6.07) is 0. The minimum absolute atomic E-state index is 0.0507. The summed E-state index contributed by atoms with van der Waals surface area (Å²) in [5.74, 6) is 0.269. The molecule has 1 saturated carbocycles. The van der Waals surface area contributed by atoms with E-state index in [-0.39, 0.29) is 35.9 Å². The van der Waals surface area contributed by atoms with Crippen molar-refractivity contribution in [3.8, 4) is 0 Å². The maximum absolute atomic E-state index is 12.0. The highest BCUT2D eigenvalue weighted by molar-refractivity contribution is 5.66. The Morgan fingerprint density at radius 2 is 2.04 bits per heavy atom. The molecule has 158 valence electrons. The summed E-state index contributed by atoms with van der Waals surface area (Å²) < 4.78 is 12.4. The number of carbonyl (C=O) groups excluding carboxylic acids is 1. The predicted octanol–water partition coefficient (Wildman–Crippen LogP) is 3.50. The number of ether oxygens (including phenoxy) is 2. The summed E-state index contributed by atoms with van der Waals surface area (Å²) in [6.07, 6.45) is 0.457. The van der Waals surface area contributed by atoms with Gasteiger partial charge in [-0.1, -0.05) is 27.0 Å². The Labute approximate surface area is 167 Å². The first-order valence-electron chi connectivity index (χ1n) is 10.3. The van der Waals surface area contributed by atoms with Gasteiger partial charge < -0.3 is 14.6 Å². The molecule has 3 aliphatic rings. The first kappa shape index (κ1) is 21.5. The van der Waals surface area contributed by atoms with Gasteiger partial charge in [-0.3, -0.25) is 10.1 Å². The molecule has 1 aliphatic carbocycles. The number of hydrogen-bond acceptors (Lipinski definition) is 6. The molecule has 0 unspecified atom stereocenters. The van der Waals surface area contributed by atoms with Crippen LogP contribution in [0.2, 0.25) is 0 Å². The van der Waals surface area contributed by atoms with Crippen molar-refractivity contribution in [2.24, 2.45) is 23.7 Å². The maximum Gasteiger partial charge on any atom is 0.303 e. The van der Waals surface area contributed by atoms with Crippen molar-refractivity contribution in [2.45, 2.75) is 83.4 Å². The van der Waals surface area contributed by atoms with Crippen LogP contribution in [0.1, 0.15) is 53.4 Å². The average Bonchev–Trinajstić information content (AvgIpc) is 2.98. The van der Waals surface area contributed by atoms with Gasteiger partial charge in [0, 0.05) is 18.8 Å². The third-order valence-corrected chi connectivity index (χ3v) is 7.12. The maximum atomic E-state index is 12.0. The molecule has 3 fully saturated rings. The number of rotatable bonds is 3. The van der Waals surface area contributed by atoms with Gasteiger partial charge in [0.1, 0.15) is 17.8 Å².